The van der Waals surface area contributed by atoms with E-state index in [1.165, 1.54) is 5.56 Å². The number of hydrogen-bond acceptors (Lipinski definition) is 4. The summed E-state index contributed by atoms with van der Waals surface area (Å²) in [6, 6.07) is 18.8. The molecule has 0 saturated heterocycles. The Labute approximate surface area is 171 Å². The fourth-order valence-electron chi connectivity index (χ4n) is 2.93. The number of nitrogens with zero attached hydrogens (tertiary/aromatic N) is 1. The van der Waals surface area contributed by atoms with Gasteiger partial charge in [0.1, 0.15) is 11.5 Å². The molecule has 2 aromatic carbocycles. The molecule has 5 heteroatoms. The van der Waals surface area contributed by atoms with Gasteiger partial charge >= 0.3 is 0 Å². The molecule has 29 heavy (non-hydrogen) atoms. The molecule has 0 aliphatic heterocycles. The second-order valence-electron chi connectivity index (χ2n) is 6.86. The van der Waals surface area contributed by atoms with E-state index in [2.05, 4.69) is 10.3 Å². The minimum atomic E-state index is -0.196. The smallest absolute Gasteiger partial charge is 0.257 e. The van der Waals surface area contributed by atoms with Crippen LogP contribution >= 0.6 is 0 Å². The van der Waals surface area contributed by atoms with Crippen LogP contribution in [0.3, 0.4) is 0 Å². The number of ether oxygens (including phenoxy) is 2. The van der Waals surface area contributed by atoms with Crippen molar-refractivity contribution < 1.29 is 14.3 Å². The summed E-state index contributed by atoms with van der Waals surface area (Å²) in [7, 11) is 0. The van der Waals surface area contributed by atoms with Crippen molar-refractivity contribution in [2.75, 3.05) is 11.9 Å². The molecular formula is C24H26N2O3. The van der Waals surface area contributed by atoms with Crippen molar-refractivity contribution in [3.63, 3.8) is 0 Å². The van der Waals surface area contributed by atoms with Gasteiger partial charge in [-0.1, -0.05) is 17.7 Å². The first-order valence-corrected chi connectivity index (χ1v) is 9.71. The lowest BCUT2D eigenvalue weighted by atomic mass is 10.1. The number of aryl methyl sites for hydroxylation is 2. The summed E-state index contributed by atoms with van der Waals surface area (Å²) >= 11 is 0. The maximum Gasteiger partial charge on any atom is 0.257 e. The van der Waals surface area contributed by atoms with E-state index in [1.54, 1.807) is 6.07 Å². The summed E-state index contributed by atoms with van der Waals surface area (Å²) < 4.78 is 11.4. The summed E-state index contributed by atoms with van der Waals surface area (Å²) in [5.74, 6) is 1.28. The molecule has 1 aromatic heterocycles. The van der Waals surface area contributed by atoms with E-state index in [0.717, 1.165) is 11.4 Å². The van der Waals surface area contributed by atoms with Gasteiger partial charge < -0.3 is 14.8 Å². The van der Waals surface area contributed by atoms with Crippen LogP contribution in [-0.2, 0) is 4.74 Å². The molecule has 5 nitrogen and oxygen atoms in total. The maximum absolute atomic E-state index is 12.6. The third-order valence-corrected chi connectivity index (χ3v) is 4.55. The maximum atomic E-state index is 12.6. The second-order valence-corrected chi connectivity index (χ2v) is 6.86. The highest BCUT2D eigenvalue weighted by atomic mass is 16.5. The zero-order chi connectivity index (χ0) is 20.8. The fraction of sp³-hybridized carbons (Fsp3) is 0.250. The molecule has 3 rings (SSSR count). The predicted octanol–water partition coefficient (Wildman–Crippen LogP) is 5.84. The molecule has 1 atom stereocenters. The van der Waals surface area contributed by atoms with Gasteiger partial charge in [0.15, 0.2) is 0 Å². The Balaban J connectivity index is 1.65. The van der Waals surface area contributed by atoms with Crippen molar-refractivity contribution in [2.24, 2.45) is 0 Å². The molecular weight excluding hydrogens is 364 g/mol. The Hall–Kier alpha value is -3.18. The monoisotopic (exact) mass is 390 g/mol. The number of nitrogens with one attached hydrogen (secondary N) is 1. The number of hydrogen-bond donors (Lipinski definition) is 1. The average molecular weight is 390 g/mol. The standard InChI is InChI=1S/C24H26N2O3/c1-5-28-18(4)23-15-14-22(17(3)25-23)24(27)26-19-8-12-21(13-9-19)29-20-10-6-16(2)7-11-20/h6-15,18H,5H2,1-4H3,(H,26,27). The van der Waals surface area contributed by atoms with Crippen molar-refractivity contribution in [2.45, 2.75) is 33.8 Å². The lowest BCUT2D eigenvalue weighted by molar-refractivity contribution is 0.0732. The molecule has 0 radical (unpaired) electrons. The van der Waals surface area contributed by atoms with Gasteiger partial charge in [0.2, 0.25) is 0 Å². The number of anilines is 1. The largest absolute Gasteiger partial charge is 0.457 e. The van der Waals surface area contributed by atoms with Crippen LogP contribution in [0.2, 0.25) is 0 Å². The summed E-state index contributed by atoms with van der Waals surface area (Å²) in [5, 5.41) is 2.91. The van der Waals surface area contributed by atoms with Crippen molar-refractivity contribution in [3.05, 3.63) is 83.2 Å². The zero-order valence-electron chi connectivity index (χ0n) is 17.2. The summed E-state index contributed by atoms with van der Waals surface area (Å²) in [5.41, 5.74) is 3.90. The fourth-order valence-corrected chi connectivity index (χ4v) is 2.93. The topological polar surface area (TPSA) is 60.5 Å². The van der Waals surface area contributed by atoms with E-state index in [-0.39, 0.29) is 12.0 Å². The van der Waals surface area contributed by atoms with Crippen molar-refractivity contribution in [3.8, 4) is 11.5 Å². The van der Waals surface area contributed by atoms with E-state index >= 15 is 0 Å². The summed E-state index contributed by atoms with van der Waals surface area (Å²) in [6.45, 7) is 8.38. The van der Waals surface area contributed by atoms with Gasteiger partial charge in [-0.2, -0.15) is 0 Å². The summed E-state index contributed by atoms with van der Waals surface area (Å²) in [6.07, 6.45) is -0.100. The van der Waals surface area contributed by atoms with E-state index in [4.69, 9.17) is 9.47 Å². The normalized spacial score (nSPS) is 11.7. The number of carbonyl (C=O) groups is 1. The first kappa shape index (κ1) is 20.6. The van der Waals surface area contributed by atoms with Gasteiger partial charge in [-0.15, -0.1) is 0 Å². The highest BCUT2D eigenvalue weighted by Crippen LogP contribution is 2.24. The van der Waals surface area contributed by atoms with Gasteiger partial charge in [-0.3, -0.25) is 9.78 Å². The molecule has 0 aliphatic carbocycles. The molecule has 0 aliphatic rings. The highest BCUT2D eigenvalue weighted by molar-refractivity contribution is 6.05. The third-order valence-electron chi connectivity index (χ3n) is 4.55. The number of carbonyl (C=O) groups excluding carboxylic acids is 1. The molecule has 0 saturated carbocycles. The molecule has 0 fully saturated rings. The molecule has 150 valence electrons. The first-order chi connectivity index (χ1) is 14.0. The molecule has 0 bridgehead atoms. The van der Waals surface area contributed by atoms with E-state index in [9.17, 15) is 4.79 Å². The van der Waals surface area contributed by atoms with Gasteiger partial charge in [-0.25, -0.2) is 0 Å². The number of rotatable bonds is 7. The SMILES string of the molecule is CCOC(C)c1ccc(C(=O)Nc2ccc(Oc3ccc(C)cc3)cc2)c(C)n1. The Morgan fingerprint density at radius 3 is 2.17 bits per heavy atom. The molecule has 1 unspecified atom stereocenters. The minimum Gasteiger partial charge on any atom is -0.457 e. The Bertz CT molecular complexity index is 966. The van der Waals surface area contributed by atoms with Gasteiger partial charge in [0, 0.05) is 12.3 Å². The van der Waals surface area contributed by atoms with Crippen molar-refractivity contribution in [1.82, 2.24) is 4.98 Å². The summed E-state index contributed by atoms with van der Waals surface area (Å²) in [4.78, 5) is 17.2. The average Bonchev–Trinajstić information content (AvgIpc) is 2.71. The van der Waals surface area contributed by atoms with E-state index in [1.807, 2.05) is 82.3 Å². The van der Waals surface area contributed by atoms with Gasteiger partial charge in [0.05, 0.1) is 23.1 Å². The van der Waals surface area contributed by atoms with Crippen LogP contribution in [0.5, 0.6) is 11.5 Å². The number of aromatic nitrogens is 1. The lowest BCUT2D eigenvalue weighted by Crippen LogP contribution is -2.15. The minimum absolute atomic E-state index is 0.100. The van der Waals surface area contributed by atoms with Gasteiger partial charge in [0.25, 0.3) is 5.91 Å². The quantitative estimate of drug-likeness (QED) is 0.550. The Morgan fingerprint density at radius 1 is 0.966 bits per heavy atom. The van der Waals surface area contributed by atoms with Crippen LogP contribution < -0.4 is 10.1 Å². The van der Waals surface area contributed by atoms with Crippen LogP contribution in [0.15, 0.2) is 60.7 Å². The van der Waals surface area contributed by atoms with Gasteiger partial charge in [-0.05, 0) is 76.2 Å². The number of amides is 1. The predicted molar refractivity (Wildman–Crippen MR) is 115 cm³/mol. The third kappa shape index (κ3) is 5.42. The zero-order valence-corrected chi connectivity index (χ0v) is 17.2. The molecule has 1 amide bonds. The Morgan fingerprint density at radius 2 is 1.59 bits per heavy atom. The highest BCUT2D eigenvalue weighted by Gasteiger charge is 2.14. The molecule has 1 heterocycles. The van der Waals surface area contributed by atoms with Crippen LogP contribution in [0.4, 0.5) is 5.69 Å². The van der Waals surface area contributed by atoms with Crippen LogP contribution in [0, 0.1) is 13.8 Å². The second kappa shape index (κ2) is 9.34. The van der Waals surface area contributed by atoms with E-state index < -0.39 is 0 Å². The van der Waals surface area contributed by atoms with Crippen molar-refractivity contribution >= 4 is 11.6 Å². The molecule has 0 spiro atoms. The lowest BCUT2D eigenvalue weighted by Gasteiger charge is -2.13. The number of pyridine rings is 1. The Kier molecular flexibility index (Phi) is 6.62. The molecule has 1 N–H and O–H groups in total. The van der Waals surface area contributed by atoms with Crippen molar-refractivity contribution in [1.29, 1.82) is 0 Å². The van der Waals surface area contributed by atoms with Crippen LogP contribution in [0.1, 0.15) is 47.3 Å². The number of benzene rings is 2. The molecule has 3 aromatic rings. The van der Waals surface area contributed by atoms with Crippen LogP contribution in [-0.4, -0.2) is 17.5 Å². The van der Waals surface area contributed by atoms with E-state index in [0.29, 0.717) is 29.3 Å². The first-order valence-electron chi connectivity index (χ1n) is 9.71. The van der Waals surface area contributed by atoms with Crippen LogP contribution in [0.25, 0.3) is 0 Å².